The normalized spacial score (nSPS) is 8.62. The molecule has 0 spiro atoms. The van der Waals surface area contributed by atoms with Crippen LogP contribution < -0.4 is 5.73 Å². The lowest BCUT2D eigenvalue weighted by atomic mass is 10.1. The van der Waals surface area contributed by atoms with Gasteiger partial charge in [-0.05, 0) is 19.1 Å². The predicted octanol–water partition coefficient (Wildman–Crippen LogP) is 3.34. The number of rotatable bonds is 1. The fraction of sp³-hybridized carbons (Fsp3) is 0.300. The van der Waals surface area contributed by atoms with E-state index in [1.807, 2.05) is 13.8 Å². The molecule has 13 heavy (non-hydrogen) atoms. The van der Waals surface area contributed by atoms with Gasteiger partial charge in [0.15, 0.2) is 0 Å². The van der Waals surface area contributed by atoms with E-state index in [0.29, 0.717) is 22.0 Å². The minimum absolute atomic E-state index is 0.396. The maximum atomic E-state index is 7.35. The molecule has 3 heteroatoms. The van der Waals surface area contributed by atoms with Gasteiger partial charge in [0.05, 0.1) is 5.02 Å². The van der Waals surface area contributed by atoms with Gasteiger partial charge in [0, 0.05) is 17.0 Å². The monoisotopic (exact) mass is 198 g/mol. The van der Waals surface area contributed by atoms with Crippen LogP contribution in [0.5, 0.6) is 0 Å². The number of nitrogens with one attached hydrogen (secondary N) is 1. The van der Waals surface area contributed by atoms with Crippen molar-refractivity contribution < 1.29 is 0 Å². The predicted molar refractivity (Wildman–Crippen MR) is 59.7 cm³/mol. The Morgan fingerprint density at radius 3 is 2.23 bits per heavy atom. The molecule has 0 unspecified atom stereocenters. The van der Waals surface area contributed by atoms with E-state index in [1.165, 1.54) is 0 Å². The van der Waals surface area contributed by atoms with Crippen LogP contribution in [0.4, 0.5) is 5.69 Å². The summed E-state index contributed by atoms with van der Waals surface area (Å²) in [5.41, 5.74) is 7.19. The number of nitrogens with two attached hydrogens (primary N) is 1. The number of hydrogen-bond acceptors (Lipinski definition) is 2. The van der Waals surface area contributed by atoms with Crippen molar-refractivity contribution in [1.29, 1.82) is 5.41 Å². The fourth-order valence-electron chi connectivity index (χ4n) is 0.936. The first kappa shape index (κ1) is 12.0. The van der Waals surface area contributed by atoms with Crippen LogP contribution >= 0.6 is 11.6 Å². The Bertz CT molecular complexity index is 275. The molecule has 0 saturated heterocycles. The highest BCUT2D eigenvalue weighted by molar-refractivity contribution is 6.34. The van der Waals surface area contributed by atoms with Crippen LogP contribution in [0.25, 0.3) is 0 Å². The van der Waals surface area contributed by atoms with Gasteiger partial charge in [-0.1, -0.05) is 31.5 Å². The van der Waals surface area contributed by atoms with E-state index in [1.54, 1.807) is 25.1 Å². The summed E-state index contributed by atoms with van der Waals surface area (Å²) in [7, 11) is 0. The first-order valence-corrected chi connectivity index (χ1v) is 4.60. The maximum Gasteiger partial charge on any atom is 0.0517 e. The average Bonchev–Trinajstić information content (AvgIpc) is 2.07. The molecular formula is C10H15ClN2. The topological polar surface area (TPSA) is 49.9 Å². The standard InChI is InChI=1S/C8H9ClN2.C2H6/c1-5(10)8-6(9)3-2-4-7(8)11;1-2/h2-4,10H,11H2,1H3;1-2H3. The third-order valence-corrected chi connectivity index (χ3v) is 1.74. The zero-order valence-electron chi connectivity index (χ0n) is 8.19. The minimum Gasteiger partial charge on any atom is -0.398 e. The van der Waals surface area contributed by atoms with Gasteiger partial charge in [0.1, 0.15) is 0 Å². The van der Waals surface area contributed by atoms with E-state index in [4.69, 9.17) is 22.7 Å². The molecule has 72 valence electrons. The zero-order valence-corrected chi connectivity index (χ0v) is 8.94. The Morgan fingerprint density at radius 1 is 1.38 bits per heavy atom. The van der Waals surface area contributed by atoms with Crippen molar-refractivity contribution in [3.63, 3.8) is 0 Å². The quantitative estimate of drug-likeness (QED) is 0.528. The summed E-state index contributed by atoms with van der Waals surface area (Å²) < 4.78 is 0. The smallest absolute Gasteiger partial charge is 0.0517 e. The lowest BCUT2D eigenvalue weighted by molar-refractivity contribution is 1.45. The third kappa shape index (κ3) is 3.07. The molecule has 0 atom stereocenters. The fourth-order valence-corrected chi connectivity index (χ4v) is 1.26. The highest BCUT2D eigenvalue weighted by atomic mass is 35.5. The average molecular weight is 199 g/mol. The lowest BCUT2D eigenvalue weighted by Crippen LogP contribution is -1.99. The largest absolute Gasteiger partial charge is 0.398 e. The Labute approximate surface area is 84.2 Å². The SMILES string of the molecule is CC.CC(=N)c1c(N)cccc1Cl. The summed E-state index contributed by atoms with van der Waals surface area (Å²) >= 11 is 5.80. The molecule has 0 bridgehead atoms. The van der Waals surface area contributed by atoms with Crippen LogP contribution in [-0.4, -0.2) is 5.71 Å². The van der Waals surface area contributed by atoms with E-state index in [0.717, 1.165) is 0 Å². The molecule has 0 aromatic heterocycles. The molecule has 0 fully saturated rings. The number of benzene rings is 1. The van der Waals surface area contributed by atoms with E-state index in [-0.39, 0.29) is 0 Å². The van der Waals surface area contributed by atoms with Crippen LogP contribution in [0.1, 0.15) is 26.3 Å². The molecule has 3 N–H and O–H groups in total. The molecule has 2 nitrogen and oxygen atoms in total. The number of hydrogen-bond donors (Lipinski definition) is 2. The summed E-state index contributed by atoms with van der Waals surface area (Å²) in [6.45, 7) is 5.66. The minimum atomic E-state index is 0.396. The number of halogens is 1. The molecule has 0 heterocycles. The van der Waals surface area contributed by atoms with Crippen molar-refractivity contribution in [1.82, 2.24) is 0 Å². The maximum absolute atomic E-state index is 7.35. The summed E-state index contributed by atoms with van der Waals surface area (Å²) in [4.78, 5) is 0. The van der Waals surface area contributed by atoms with Gasteiger partial charge in [0.25, 0.3) is 0 Å². The van der Waals surface area contributed by atoms with Crippen molar-refractivity contribution in [2.45, 2.75) is 20.8 Å². The Hall–Kier alpha value is -1.02. The van der Waals surface area contributed by atoms with Gasteiger partial charge in [-0.15, -0.1) is 0 Å². The van der Waals surface area contributed by atoms with Gasteiger partial charge in [-0.2, -0.15) is 0 Å². The molecule has 0 aliphatic carbocycles. The van der Waals surface area contributed by atoms with Crippen molar-refractivity contribution in [2.75, 3.05) is 5.73 Å². The van der Waals surface area contributed by atoms with Crippen molar-refractivity contribution in [2.24, 2.45) is 0 Å². The number of nitrogen functional groups attached to an aromatic ring is 1. The van der Waals surface area contributed by atoms with Crippen molar-refractivity contribution in [3.05, 3.63) is 28.8 Å². The highest BCUT2D eigenvalue weighted by Gasteiger charge is 2.04. The highest BCUT2D eigenvalue weighted by Crippen LogP contribution is 2.21. The molecule has 0 radical (unpaired) electrons. The second-order valence-corrected chi connectivity index (χ2v) is 2.74. The molecular weight excluding hydrogens is 184 g/mol. The van der Waals surface area contributed by atoms with E-state index in [9.17, 15) is 0 Å². The van der Waals surface area contributed by atoms with Crippen molar-refractivity contribution in [3.8, 4) is 0 Å². The van der Waals surface area contributed by atoms with Crippen molar-refractivity contribution >= 4 is 23.0 Å². The van der Waals surface area contributed by atoms with Gasteiger partial charge in [-0.3, -0.25) is 0 Å². The lowest BCUT2D eigenvalue weighted by Gasteiger charge is -2.04. The molecule has 0 amide bonds. The second-order valence-electron chi connectivity index (χ2n) is 2.33. The van der Waals surface area contributed by atoms with Gasteiger partial charge in [0.2, 0.25) is 0 Å². The van der Waals surface area contributed by atoms with E-state index < -0.39 is 0 Å². The zero-order chi connectivity index (χ0) is 10.4. The summed E-state index contributed by atoms with van der Waals surface area (Å²) in [6.07, 6.45) is 0. The van der Waals surface area contributed by atoms with Crippen LogP contribution in [0.15, 0.2) is 18.2 Å². The second kappa shape index (κ2) is 5.60. The summed E-state index contributed by atoms with van der Waals surface area (Å²) in [6, 6.07) is 5.23. The molecule has 1 aromatic rings. The molecule has 1 rings (SSSR count). The first-order chi connectivity index (χ1) is 6.13. The van der Waals surface area contributed by atoms with Gasteiger partial charge < -0.3 is 11.1 Å². The van der Waals surface area contributed by atoms with E-state index >= 15 is 0 Å². The number of anilines is 1. The third-order valence-electron chi connectivity index (χ3n) is 1.42. The summed E-state index contributed by atoms with van der Waals surface area (Å²) in [5.74, 6) is 0. The Balaban J connectivity index is 0.000000671. The van der Waals surface area contributed by atoms with Crippen LogP contribution in [0, 0.1) is 5.41 Å². The molecule has 0 aliphatic rings. The molecule has 1 aromatic carbocycles. The Kier molecular flexibility index (Phi) is 5.16. The van der Waals surface area contributed by atoms with Gasteiger partial charge >= 0.3 is 0 Å². The van der Waals surface area contributed by atoms with E-state index in [2.05, 4.69) is 0 Å². The first-order valence-electron chi connectivity index (χ1n) is 4.22. The Morgan fingerprint density at radius 2 is 1.92 bits per heavy atom. The molecule has 0 saturated carbocycles. The van der Waals surface area contributed by atoms with Crippen LogP contribution in [0.3, 0.4) is 0 Å². The van der Waals surface area contributed by atoms with Gasteiger partial charge in [-0.25, -0.2) is 0 Å². The van der Waals surface area contributed by atoms with Crippen LogP contribution in [0.2, 0.25) is 5.02 Å². The summed E-state index contributed by atoms with van der Waals surface area (Å²) in [5, 5.41) is 7.89. The molecule has 0 aliphatic heterocycles. The van der Waals surface area contributed by atoms with Crippen LogP contribution in [-0.2, 0) is 0 Å².